The molecule has 6 heteroatoms. The number of halogens is 1. The molecule has 5 nitrogen and oxygen atoms in total. The SMILES string of the molecule is CCN(CCC(=O)O)C(=O)c1cc(Br)cn1CC. The Bertz CT molecular complexity index is 443. The maximum atomic E-state index is 12.3. The van der Waals surface area contributed by atoms with E-state index in [9.17, 15) is 9.59 Å². The summed E-state index contributed by atoms with van der Waals surface area (Å²) in [4.78, 5) is 24.4. The van der Waals surface area contributed by atoms with E-state index in [-0.39, 0.29) is 18.9 Å². The highest BCUT2D eigenvalue weighted by molar-refractivity contribution is 9.10. The minimum atomic E-state index is -0.895. The van der Waals surface area contributed by atoms with Gasteiger partial charge in [-0.15, -0.1) is 0 Å². The van der Waals surface area contributed by atoms with E-state index in [1.54, 1.807) is 11.0 Å². The lowest BCUT2D eigenvalue weighted by atomic mass is 10.3. The fourth-order valence-electron chi connectivity index (χ4n) is 1.71. The van der Waals surface area contributed by atoms with Gasteiger partial charge in [0.2, 0.25) is 0 Å². The summed E-state index contributed by atoms with van der Waals surface area (Å²) in [6.45, 7) is 5.23. The molecule has 1 N–H and O–H groups in total. The topological polar surface area (TPSA) is 62.5 Å². The van der Waals surface area contributed by atoms with E-state index in [4.69, 9.17) is 5.11 Å². The molecular formula is C12H17BrN2O3. The molecule has 100 valence electrons. The zero-order chi connectivity index (χ0) is 13.7. The highest BCUT2D eigenvalue weighted by Crippen LogP contribution is 2.16. The Morgan fingerprint density at radius 1 is 1.44 bits per heavy atom. The fourth-order valence-corrected chi connectivity index (χ4v) is 2.18. The molecule has 0 unspecified atom stereocenters. The number of carboxylic acid groups (broad SMARTS) is 1. The average molecular weight is 317 g/mol. The monoisotopic (exact) mass is 316 g/mol. The summed E-state index contributed by atoms with van der Waals surface area (Å²) in [6.07, 6.45) is 1.81. The molecule has 0 saturated heterocycles. The number of hydrogen-bond donors (Lipinski definition) is 1. The Kier molecular flexibility index (Phi) is 5.40. The van der Waals surface area contributed by atoms with Gasteiger partial charge < -0.3 is 14.6 Å². The number of rotatable bonds is 6. The summed E-state index contributed by atoms with van der Waals surface area (Å²) in [5, 5.41) is 8.66. The summed E-state index contributed by atoms with van der Waals surface area (Å²) in [6, 6.07) is 1.76. The highest BCUT2D eigenvalue weighted by atomic mass is 79.9. The Morgan fingerprint density at radius 3 is 2.61 bits per heavy atom. The van der Waals surface area contributed by atoms with E-state index in [1.165, 1.54) is 0 Å². The number of nitrogens with zero attached hydrogens (tertiary/aromatic N) is 2. The van der Waals surface area contributed by atoms with Crippen molar-refractivity contribution in [3.8, 4) is 0 Å². The van der Waals surface area contributed by atoms with E-state index >= 15 is 0 Å². The van der Waals surface area contributed by atoms with Crippen LogP contribution in [0.25, 0.3) is 0 Å². The number of carboxylic acids is 1. The molecule has 0 spiro atoms. The second kappa shape index (κ2) is 6.58. The zero-order valence-corrected chi connectivity index (χ0v) is 12.1. The molecular weight excluding hydrogens is 300 g/mol. The number of carbonyl (C=O) groups is 2. The smallest absolute Gasteiger partial charge is 0.305 e. The lowest BCUT2D eigenvalue weighted by Crippen LogP contribution is -2.34. The number of carbonyl (C=O) groups excluding carboxylic acids is 1. The largest absolute Gasteiger partial charge is 0.481 e. The molecule has 0 aliphatic carbocycles. The van der Waals surface area contributed by atoms with Gasteiger partial charge in [0.1, 0.15) is 5.69 Å². The van der Waals surface area contributed by atoms with Crippen LogP contribution in [0.3, 0.4) is 0 Å². The molecule has 0 atom stereocenters. The van der Waals surface area contributed by atoms with Crippen LogP contribution in [0.5, 0.6) is 0 Å². The molecule has 0 saturated carbocycles. The van der Waals surface area contributed by atoms with Crippen molar-refractivity contribution in [2.75, 3.05) is 13.1 Å². The molecule has 1 rings (SSSR count). The van der Waals surface area contributed by atoms with Crippen LogP contribution in [0.4, 0.5) is 0 Å². The second-order valence-electron chi connectivity index (χ2n) is 3.86. The Morgan fingerprint density at radius 2 is 2.11 bits per heavy atom. The van der Waals surface area contributed by atoms with Gasteiger partial charge >= 0.3 is 5.97 Å². The molecule has 1 aromatic rings. The van der Waals surface area contributed by atoms with Crippen molar-refractivity contribution in [3.63, 3.8) is 0 Å². The molecule has 0 aliphatic heterocycles. The van der Waals surface area contributed by atoms with Crippen LogP contribution in [-0.4, -0.2) is 39.5 Å². The normalized spacial score (nSPS) is 10.4. The third kappa shape index (κ3) is 3.60. The summed E-state index contributed by atoms with van der Waals surface area (Å²) < 4.78 is 2.69. The number of amides is 1. The van der Waals surface area contributed by atoms with Crippen molar-refractivity contribution in [1.29, 1.82) is 0 Å². The number of aryl methyl sites for hydroxylation is 1. The maximum absolute atomic E-state index is 12.3. The molecule has 0 aromatic carbocycles. The Hall–Kier alpha value is -1.30. The molecule has 1 amide bonds. The van der Waals surface area contributed by atoms with Crippen LogP contribution in [-0.2, 0) is 11.3 Å². The van der Waals surface area contributed by atoms with Crippen LogP contribution in [0.15, 0.2) is 16.7 Å². The van der Waals surface area contributed by atoms with E-state index in [0.717, 1.165) is 4.47 Å². The van der Waals surface area contributed by atoms with Gasteiger partial charge in [-0.05, 0) is 35.8 Å². The second-order valence-corrected chi connectivity index (χ2v) is 4.77. The Labute approximate surface area is 115 Å². The summed E-state index contributed by atoms with van der Waals surface area (Å²) in [7, 11) is 0. The summed E-state index contributed by atoms with van der Waals surface area (Å²) in [5.74, 6) is -1.03. The van der Waals surface area contributed by atoms with Crippen LogP contribution >= 0.6 is 15.9 Å². The van der Waals surface area contributed by atoms with Gasteiger partial charge in [-0.25, -0.2) is 0 Å². The van der Waals surface area contributed by atoms with Crippen molar-refractivity contribution in [1.82, 2.24) is 9.47 Å². The molecule has 0 bridgehead atoms. The number of aliphatic carboxylic acids is 1. The van der Waals surface area contributed by atoms with Gasteiger partial charge in [0, 0.05) is 30.3 Å². The van der Waals surface area contributed by atoms with Crippen LogP contribution in [0, 0.1) is 0 Å². The van der Waals surface area contributed by atoms with Crippen molar-refractivity contribution in [3.05, 3.63) is 22.4 Å². The molecule has 0 aliphatic rings. The molecule has 0 fully saturated rings. The van der Waals surface area contributed by atoms with Crippen molar-refractivity contribution >= 4 is 27.8 Å². The standard InChI is InChI=1S/C12H17BrN2O3/c1-3-14(6-5-11(16)17)12(18)10-7-9(13)8-15(10)4-2/h7-8H,3-6H2,1-2H3,(H,16,17). The first kappa shape index (κ1) is 14.8. The first-order valence-electron chi connectivity index (χ1n) is 5.86. The van der Waals surface area contributed by atoms with Gasteiger partial charge in [0.05, 0.1) is 6.42 Å². The van der Waals surface area contributed by atoms with Crippen LogP contribution in [0.2, 0.25) is 0 Å². The van der Waals surface area contributed by atoms with Crippen LogP contribution in [0.1, 0.15) is 30.8 Å². The predicted molar refractivity (Wildman–Crippen MR) is 71.6 cm³/mol. The maximum Gasteiger partial charge on any atom is 0.305 e. The summed E-state index contributed by atoms with van der Waals surface area (Å²) >= 11 is 3.34. The minimum absolute atomic E-state index is 0.0341. The molecule has 1 aromatic heterocycles. The van der Waals surface area contributed by atoms with E-state index < -0.39 is 5.97 Å². The summed E-state index contributed by atoms with van der Waals surface area (Å²) in [5.41, 5.74) is 0.580. The van der Waals surface area contributed by atoms with Crippen molar-refractivity contribution in [2.45, 2.75) is 26.8 Å². The van der Waals surface area contributed by atoms with Gasteiger partial charge in [-0.3, -0.25) is 9.59 Å². The first-order valence-corrected chi connectivity index (χ1v) is 6.65. The molecule has 18 heavy (non-hydrogen) atoms. The molecule has 1 heterocycles. The zero-order valence-electron chi connectivity index (χ0n) is 10.5. The van der Waals surface area contributed by atoms with Gasteiger partial charge in [0.15, 0.2) is 0 Å². The third-order valence-electron chi connectivity index (χ3n) is 2.69. The van der Waals surface area contributed by atoms with E-state index in [2.05, 4.69) is 15.9 Å². The highest BCUT2D eigenvalue weighted by Gasteiger charge is 2.19. The number of aromatic nitrogens is 1. The average Bonchev–Trinajstić information content (AvgIpc) is 2.70. The quantitative estimate of drug-likeness (QED) is 0.875. The third-order valence-corrected chi connectivity index (χ3v) is 3.12. The van der Waals surface area contributed by atoms with Gasteiger partial charge in [-0.1, -0.05) is 0 Å². The lowest BCUT2D eigenvalue weighted by Gasteiger charge is -2.20. The predicted octanol–water partition coefficient (Wildman–Crippen LogP) is 2.21. The van der Waals surface area contributed by atoms with Crippen molar-refractivity contribution < 1.29 is 14.7 Å². The minimum Gasteiger partial charge on any atom is -0.481 e. The first-order chi connectivity index (χ1) is 8.49. The van der Waals surface area contributed by atoms with Crippen LogP contribution < -0.4 is 0 Å². The number of hydrogen-bond acceptors (Lipinski definition) is 2. The van der Waals surface area contributed by atoms with Gasteiger partial charge in [-0.2, -0.15) is 0 Å². The van der Waals surface area contributed by atoms with Gasteiger partial charge in [0.25, 0.3) is 5.91 Å². The van der Waals surface area contributed by atoms with E-state index in [0.29, 0.717) is 18.8 Å². The van der Waals surface area contributed by atoms with E-state index in [1.807, 2.05) is 24.6 Å². The lowest BCUT2D eigenvalue weighted by molar-refractivity contribution is -0.137. The fraction of sp³-hybridized carbons (Fsp3) is 0.500. The Balaban J connectivity index is 2.85. The molecule has 0 radical (unpaired) electrons. The van der Waals surface area contributed by atoms with Crippen molar-refractivity contribution in [2.24, 2.45) is 0 Å².